The lowest BCUT2D eigenvalue weighted by Crippen LogP contribution is -2.41. The Balaban J connectivity index is 1.97. The molecule has 0 aromatic carbocycles. The zero-order valence-corrected chi connectivity index (χ0v) is 7.69. The van der Waals surface area contributed by atoms with Crippen LogP contribution in [0.15, 0.2) is 0 Å². The number of fused-ring (bicyclic) bond motifs is 1. The van der Waals surface area contributed by atoms with Gasteiger partial charge in [-0.25, -0.2) is 0 Å². The number of rotatable bonds is 1. The van der Waals surface area contributed by atoms with Crippen molar-refractivity contribution in [1.29, 1.82) is 0 Å². The van der Waals surface area contributed by atoms with Crippen LogP contribution in [0, 0.1) is 5.92 Å². The van der Waals surface area contributed by atoms with Crippen LogP contribution in [-0.2, 0) is 19.0 Å². The first kappa shape index (κ1) is 8.97. The molecule has 13 heavy (non-hydrogen) atoms. The summed E-state index contributed by atoms with van der Waals surface area (Å²) >= 11 is 0. The predicted octanol–water partition coefficient (Wildman–Crippen LogP) is 0.353. The number of hydrogen-bond acceptors (Lipinski definition) is 4. The van der Waals surface area contributed by atoms with Crippen molar-refractivity contribution in [3.63, 3.8) is 0 Å². The van der Waals surface area contributed by atoms with Crippen LogP contribution in [0.5, 0.6) is 0 Å². The second kappa shape index (κ2) is 3.64. The highest BCUT2D eigenvalue weighted by Gasteiger charge is 2.40. The van der Waals surface area contributed by atoms with Gasteiger partial charge in [-0.1, -0.05) is 0 Å². The van der Waals surface area contributed by atoms with Crippen molar-refractivity contribution in [2.24, 2.45) is 5.92 Å². The molecule has 0 aliphatic carbocycles. The van der Waals surface area contributed by atoms with Crippen molar-refractivity contribution >= 4 is 5.97 Å². The molecule has 3 atom stereocenters. The van der Waals surface area contributed by atoms with Crippen LogP contribution >= 0.6 is 0 Å². The summed E-state index contributed by atoms with van der Waals surface area (Å²) in [5.74, 6) is 0.0372. The lowest BCUT2D eigenvalue weighted by molar-refractivity contribution is -0.158. The minimum absolute atomic E-state index is 0.00116. The quantitative estimate of drug-likeness (QED) is 0.554. The Morgan fingerprint density at radius 2 is 2.31 bits per heavy atom. The van der Waals surface area contributed by atoms with Gasteiger partial charge in [0.25, 0.3) is 0 Å². The van der Waals surface area contributed by atoms with Crippen LogP contribution in [0.4, 0.5) is 0 Å². The van der Waals surface area contributed by atoms with Crippen molar-refractivity contribution in [2.45, 2.75) is 25.6 Å². The number of ether oxygens (including phenoxy) is 3. The largest absolute Gasteiger partial charge is 0.462 e. The molecule has 0 spiro atoms. The first-order valence-corrected chi connectivity index (χ1v) is 4.64. The predicted molar refractivity (Wildman–Crippen MR) is 44.2 cm³/mol. The van der Waals surface area contributed by atoms with E-state index in [1.807, 2.05) is 0 Å². The molecule has 2 heterocycles. The van der Waals surface area contributed by atoms with E-state index in [2.05, 4.69) is 0 Å². The average Bonchev–Trinajstić information content (AvgIpc) is 2.51. The van der Waals surface area contributed by atoms with Crippen LogP contribution in [0.1, 0.15) is 13.3 Å². The van der Waals surface area contributed by atoms with Crippen molar-refractivity contribution in [3.8, 4) is 0 Å². The number of carbonyl (C=O) groups is 1. The molecule has 2 aliphatic heterocycles. The fourth-order valence-electron chi connectivity index (χ4n) is 1.98. The van der Waals surface area contributed by atoms with E-state index in [1.165, 1.54) is 6.92 Å². The first-order valence-electron chi connectivity index (χ1n) is 4.64. The smallest absolute Gasteiger partial charge is 0.302 e. The summed E-state index contributed by atoms with van der Waals surface area (Å²) in [5.41, 5.74) is 0. The molecule has 0 unspecified atom stereocenters. The van der Waals surface area contributed by atoms with Gasteiger partial charge in [0.05, 0.1) is 25.9 Å². The minimum Gasteiger partial charge on any atom is -0.462 e. The molecule has 2 saturated heterocycles. The van der Waals surface area contributed by atoms with Crippen molar-refractivity contribution in [2.75, 3.05) is 19.8 Å². The van der Waals surface area contributed by atoms with Gasteiger partial charge in [0.15, 0.2) is 0 Å². The van der Waals surface area contributed by atoms with E-state index in [4.69, 9.17) is 14.2 Å². The summed E-state index contributed by atoms with van der Waals surface area (Å²) < 4.78 is 16.0. The van der Waals surface area contributed by atoms with Crippen LogP contribution in [-0.4, -0.2) is 38.0 Å². The lowest BCUT2D eigenvalue weighted by Gasteiger charge is -2.31. The third-order valence-corrected chi connectivity index (χ3v) is 2.60. The maximum atomic E-state index is 10.8. The highest BCUT2D eigenvalue weighted by atomic mass is 16.6. The molecule has 2 aliphatic rings. The highest BCUT2D eigenvalue weighted by molar-refractivity contribution is 5.66. The molecule has 0 aromatic heterocycles. The molecule has 0 N–H and O–H groups in total. The molecule has 2 fully saturated rings. The third-order valence-electron chi connectivity index (χ3n) is 2.60. The summed E-state index contributed by atoms with van der Waals surface area (Å²) in [6.07, 6.45) is 0.932. The van der Waals surface area contributed by atoms with Gasteiger partial charge >= 0.3 is 5.97 Å². The molecule has 0 saturated carbocycles. The number of esters is 1. The van der Waals surface area contributed by atoms with E-state index in [-0.39, 0.29) is 24.1 Å². The van der Waals surface area contributed by atoms with Crippen molar-refractivity contribution < 1.29 is 19.0 Å². The maximum Gasteiger partial charge on any atom is 0.302 e. The van der Waals surface area contributed by atoms with E-state index < -0.39 is 0 Å². The fraction of sp³-hybridized carbons (Fsp3) is 0.889. The zero-order valence-electron chi connectivity index (χ0n) is 7.69. The van der Waals surface area contributed by atoms with Gasteiger partial charge in [-0.3, -0.25) is 4.79 Å². The fourth-order valence-corrected chi connectivity index (χ4v) is 1.98. The summed E-state index contributed by atoms with van der Waals surface area (Å²) in [5, 5.41) is 0. The zero-order chi connectivity index (χ0) is 9.26. The van der Waals surface area contributed by atoms with Gasteiger partial charge in [-0.05, 0) is 0 Å². The normalized spacial score (nSPS) is 38.4. The van der Waals surface area contributed by atoms with E-state index in [1.54, 1.807) is 0 Å². The van der Waals surface area contributed by atoms with Gasteiger partial charge in [0.2, 0.25) is 0 Å². The Morgan fingerprint density at radius 1 is 1.46 bits per heavy atom. The van der Waals surface area contributed by atoms with Gasteiger partial charge in [0, 0.05) is 19.3 Å². The Labute approximate surface area is 77.1 Å². The molecule has 2 rings (SSSR count). The summed E-state index contributed by atoms with van der Waals surface area (Å²) in [7, 11) is 0. The van der Waals surface area contributed by atoms with Crippen molar-refractivity contribution in [1.82, 2.24) is 0 Å². The first-order chi connectivity index (χ1) is 6.27. The van der Waals surface area contributed by atoms with E-state index in [0.717, 1.165) is 6.42 Å². The highest BCUT2D eigenvalue weighted by Crippen LogP contribution is 2.28. The van der Waals surface area contributed by atoms with Crippen molar-refractivity contribution in [3.05, 3.63) is 0 Å². The Kier molecular flexibility index (Phi) is 2.51. The Morgan fingerprint density at radius 3 is 3.08 bits per heavy atom. The molecule has 4 nitrogen and oxygen atoms in total. The second-order valence-electron chi connectivity index (χ2n) is 3.55. The summed E-state index contributed by atoms with van der Waals surface area (Å²) in [4.78, 5) is 10.8. The van der Waals surface area contributed by atoms with Crippen LogP contribution in [0.2, 0.25) is 0 Å². The third kappa shape index (κ3) is 1.84. The van der Waals surface area contributed by atoms with Gasteiger partial charge in [-0.2, -0.15) is 0 Å². The lowest BCUT2D eigenvalue weighted by atomic mass is 9.94. The van der Waals surface area contributed by atoms with E-state index >= 15 is 0 Å². The van der Waals surface area contributed by atoms with Crippen LogP contribution in [0.25, 0.3) is 0 Å². The molecule has 0 amide bonds. The number of carbonyl (C=O) groups excluding carboxylic acids is 1. The van der Waals surface area contributed by atoms with Crippen LogP contribution in [0.3, 0.4) is 0 Å². The summed E-state index contributed by atoms with van der Waals surface area (Å²) in [6, 6.07) is 0. The van der Waals surface area contributed by atoms with E-state index in [0.29, 0.717) is 19.8 Å². The van der Waals surface area contributed by atoms with E-state index in [9.17, 15) is 4.79 Å². The number of hydrogen-bond donors (Lipinski definition) is 0. The maximum absolute atomic E-state index is 10.8. The molecule has 0 aromatic rings. The van der Waals surface area contributed by atoms with Gasteiger partial charge < -0.3 is 14.2 Å². The monoisotopic (exact) mass is 186 g/mol. The molecule has 4 heteroatoms. The van der Waals surface area contributed by atoms with Gasteiger partial charge in [0.1, 0.15) is 6.10 Å². The molecule has 0 bridgehead atoms. The Hall–Kier alpha value is -0.610. The second-order valence-corrected chi connectivity index (χ2v) is 3.55. The standard InChI is InChI=1S/C9H14O4/c1-6(10)13-8-2-3-12-9-5-11-4-7(8)9/h7-9H,2-5H2,1H3/t7-,8-,9-/m1/s1. The minimum atomic E-state index is -0.211. The SMILES string of the molecule is CC(=O)O[C@@H]1CCO[C@@H]2COC[C@@H]21. The topological polar surface area (TPSA) is 44.8 Å². The average molecular weight is 186 g/mol. The van der Waals surface area contributed by atoms with Gasteiger partial charge in [-0.15, -0.1) is 0 Å². The molecular weight excluding hydrogens is 172 g/mol. The molecular formula is C9H14O4. The summed E-state index contributed by atoms with van der Waals surface area (Å²) in [6.45, 7) is 3.41. The Bertz CT molecular complexity index is 204. The van der Waals surface area contributed by atoms with Crippen LogP contribution < -0.4 is 0 Å². The molecule has 74 valence electrons. The molecule has 0 radical (unpaired) electrons.